The van der Waals surface area contributed by atoms with Gasteiger partial charge in [0.2, 0.25) is 11.8 Å². The fourth-order valence-electron chi connectivity index (χ4n) is 2.66. The zero-order valence-electron chi connectivity index (χ0n) is 12.6. The van der Waals surface area contributed by atoms with Crippen molar-refractivity contribution < 1.29 is 19.5 Å². The van der Waals surface area contributed by atoms with E-state index in [1.54, 1.807) is 11.8 Å². The van der Waals surface area contributed by atoms with E-state index in [0.717, 1.165) is 5.56 Å². The van der Waals surface area contributed by atoms with Gasteiger partial charge in [0, 0.05) is 26.1 Å². The number of carbonyl (C=O) groups is 3. The Morgan fingerprint density at radius 3 is 2.59 bits per heavy atom. The monoisotopic (exact) mass is 304 g/mol. The number of likely N-dealkylation sites (tertiary alicyclic amines) is 1. The van der Waals surface area contributed by atoms with Gasteiger partial charge in [-0.1, -0.05) is 30.3 Å². The summed E-state index contributed by atoms with van der Waals surface area (Å²) in [6, 6.07) is 9.59. The number of carboxylic acid groups (broad SMARTS) is 1. The van der Waals surface area contributed by atoms with Crippen LogP contribution in [0.4, 0.5) is 0 Å². The van der Waals surface area contributed by atoms with E-state index >= 15 is 0 Å². The molecule has 0 saturated carbocycles. The first-order valence-corrected chi connectivity index (χ1v) is 7.33. The van der Waals surface area contributed by atoms with Gasteiger partial charge in [0.05, 0.1) is 5.92 Å². The minimum Gasteiger partial charge on any atom is -0.480 e. The van der Waals surface area contributed by atoms with Crippen molar-refractivity contribution in [2.75, 3.05) is 19.6 Å². The molecule has 0 aromatic heterocycles. The molecule has 0 radical (unpaired) electrons. The van der Waals surface area contributed by atoms with Crippen LogP contribution in [0.25, 0.3) is 0 Å². The normalized spacial score (nSPS) is 17.6. The highest BCUT2D eigenvalue weighted by Gasteiger charge is 2.36. The van der Waals surface area contributed by atoms with Gasteiger partial charge >= 0.3 is 5.97 Å². The zero-order valence-corrected chi connectivity index (χ0v) is 12.6. The van der Waals surface area contributed by atoms with Crippen molar-refractivity contribution in [1.82, 2.24) is 9.80 Å². The fraction of sp³-hybridized carbons (Fsp3) is 0.438. The minimum absolute atomic E-state index is 0.0615. The van der Waals surface area contributed by atoms with Crippen LogP contribution < -0.4 is 0 Å². The van der Waals surface area contributed by atoms with Gasteiger partial charge in [-0.2, -0.15) is 0 Å². The standard InChI is InChI=1S/C16H20N2O4/c1-2-17(11-15(20)21)16(22)13-8-14(19)18(10-13)9-12-6-4-3-5-7-12/h3-7,13H,2,8-11H2,1H3,(H,20,21). The molecule has 0 spiro atoms. The number of amides is 2. The van der Waals surface area contributed by atoms with Crippen molar-refractivity contribution in [3.8, 4) is 0 Å². The Hall–Kier alpha value is -2.37. The first-order valence-electron chi connectivity index (χ1n) is 7.33. The van der Waals surface area contributed by atoms with Crippen LogP contribution in [0.2, 0.25) is 0 Å². The Morgan fingerprint density at radius 2 is 2.00 bits per heavy atom. The summed E-state index contributed by atoms with van der Waals surface area (Å²) in [4.78, 5) is 38.1. The van der Waals surface area contributed by atoms with Crippen LogP contribution >= 0.6 is 0 Å². The Labute approximate surface area is 129 Å². The van der Waals surface area contributed by atoms with Gasteiger partial charge in [0.15, 0.2) is 0 Å². The number of nitrogens with zero attached hydrogens (tertiary/aromatic N) is 2. The lowest BCUT2D eigenvalue weighted by atomic mass is 10.1. The molecule has 0 bridgehead atoms. The molecule has 6 heteroatoms. The van der Waals surface area contributed by atoms with E-state index < -0.39 is 11.9 Å². The Balaban J connectivity index is 1.99. The smallest absolute Gasteiger partial charge is 0.323 e. The SMILES string of the molecule is CCN(CC(=O)O)C(=O)C1CC(=O)N(Cc2ccccc2)C1. The van der Waals surface area contributed by atoms with E-state index in [1.807, 2.05) is 30.3 Å². The lowest BCUT2D eigenvalue weighted by molar-refractivity contribution is -0.146. The highest BCUT2D eigenvalue weighted by atomic mass is 16.4. The second-order valence-electron chi connectivity index (χ2n) is 5.41. The first-order chi connectivity index (χ1) is 10.5. The van der Waals surface area contributed by atoms with Crippen LogP contribution in [0.15, 0.2) is 30.3 Å². The van der Waals surface area contributed by atoms with Gasteiger partial charge in [0.1, 0.15) is 6.54 Å². The third kappa shape index (κ3) is 3.84. The van der Waals surface area contributed by atoms with E-state index in [1.165, 1.54) is 4.90 Å². The van der Waals surface area contributed by atoms with Crippen LogP contribution in [0.5, 0.6) is 0 Å². The van der Waals surface area contributed by atoms with Gasteiger partial charge in [-0.15, -0.1) is 0 Å². The number of rotatable bonds is 6. The summed E-state index contributed by atoms with van der Waals surface area (Å²) in [5, 5.41) is 8.83. The maximum Gasteiger partial charge on any atom is 0.323 e. The number of hydrogen-bond acceptors (Lipinski definition) is 3. The summed E-state index contributed by atoms with van der Waals surface area (Å²) in [5.74, 6) is -1.81. The number of aliphatic carboxylic acids is 1. The summed E-state index contributed by atoms with van der Waals surface area (Å²) in [6.07, 6.45) is 0.155. The molecular formula is C16H20N2O4. The summed E-state index contributed by atoms with van der Waals surface area (Å²) in [5.41, 5.74) is 1.02. The van der Waals surface area contributed by atoms with Crippen LogP contribution in [-0.4, -0.2) is 52.3 Å². The minimum atomic E-state index is -1.04. The van der Waals surface area contributed by atoms with Crippen LogP contribution in [0.1, 0.15) is 18.9 Å². The largest absolute Gasteiger partial charge is 0.480 e. The maximum atomic E-state index is 12.3. The van der Waals surface area contributed by atoms with Crippen molar-refractivity contribution in [2.45, 2.75) is 19.9 Å². The van der Waals surface area contributed by atoms with Gasteiger partial charge in [-0.05, 0) is 12.5 Å². The summed E-state index contributed by atoms with van der Waals surface area (Å²) in [6.45, 7) is 2.57. The Kier molecular flexibility index (Phi) is 5.14. The van der Waals surface area contributed by atoms with E-state index in [0.29, 0.717) is 19.6 Å². The summed E-state index contributed by atoms with van der Waals surface area (Å²) < 4.78 is 0. The maximum absolute atomic E-state index is 12.3. The molecule has 1 fully saturated rings. The third-order valence-corrected chi connectivity index (χ3v) is 3.80. The zero-order chi connectivity index (χ0) is 16.1. The highest BCUT2D eigenvalue weighted by molar-refractivity contribution is 5.90. The second-order valence-corrected chi connectivity index (χ2v) is 5.41. The quantitative estimate of drug-likeness (QED) is 0.849. The van der Waals surface area contributed by atoms with Crippen LogP contribution in [-0.2, 0) is 20.9 Å². The first kappa shape index (κ1) is 16.0. The number of carbonyl (C=O) groups excluding carboxylic acids is 2. The molecule has 1 aliphatic rings. The van der Waals surface area contributed by atoms with Crippen molar-refractivity contribution in [1.29, 1.82) is 0 Å². The van der Waals surface area contributed by atoms with Crippen molar-refractivity contribution in [2.24, 2.45) is 5.92 Å². The average Bonchev–Trinajstić information content (AvgIpc) is 2.86. The van der Waals surface area contributed by atoms with Crippen molar-refractivity contribution in [3.05, 3.63) is 35.9 Å². The molecule has 2 rings (SSSR count). The van der Waals surface area contributed by atoms with Gasteiger partial charge in [-0.3, -0.25) is 14.4 Å². The van der Waals surface area contributed by atoms with E-state index in [4.69, 9.17) is 5.11 Å². The average molecular weight is 304 g/mol. The molecule has 118 valence electrons. The molecule has 1 saturated heterocycles. The van der Waals surface area contributed by atoms with Crippen LogP contribution in [0, 0.1) is 5.92 Å². The van der Waals surface area contributed by atoms with E-state index in [9.17, 15) is 14.4 Å². The lowest BCUT2D eigenvalue weighted by Gasteiger charge is -2.22. The molecule has 1 N–H and O–H groups in total. The molecule has 1 heterocycles. The van der Waals surface area contributed by atoms with Gasteiger partial charge in [-0.25, -0.2) is 0 Å². The van der Waals surface area contributed by atoms with Crippen molar-refractivity contribution in [3.63, 3.8) is 0 Å². The summed E-state index contributed by atoms with van der Waals surface area (Å²) in [7, 11) is 0. The molecule has 6 nitrogen and oxygen atoms in total. The number of hydrogen-bond donors (Lipinski definition) is 1. The van der Waals surface area contributed by atoms with Gasteiger partial charge < -0.3 is 14.9 Å². The van der Waals surface area contributed by atoms with Crippen molar-refractivity contribution >= 4 is 17.8 Å². The summed E-state index contributed by atoms with van der Waals surface area (Å²) >= 11 is 0. The molecular weight excluding hydrogens is 284 g/mol. The number of likely N-dealkylation sites (N-methyl/N-ethyl adjacent to an activating group) is 1. The predicted octanol–water partition coefficient (Wildman–Crippen LogP) is 0.968. The lowest BCUT2D eigenvalue weighted by Crippen LogP contribution is -2.40. The van der Waals surface area contributed by atoms with Gasteiger partial charge in [0.25, 0.3) is 0 Å². The molecule has 2 amide bonds. The number of benzene rings is 1. The molecule has 0 aliphatic carbocycles. The second kappa shape index (κ2) is 7.06. The topological polar surface area (TPSA) is 77.9 Å². The third-order valence-electron chi connectivity index (χ3n) is 3.80. The molecule has 22 heavy (non-hydrogen) atoms. The number of carboxylic acids is 1. The fourth-order valence-corrected chi connectivity index (χ4v) is 2.66. The molecule has 1 aliphatic heterocycles. The van der Waals surface area contributed by atoms with E-state index in [-0.39, 0.29) is 24.8 Å². The predicted molar refractivity (Wildman–Crippen MR) is 79.9 cm³/mol. The van der Waals surface area contributed by atoms with Crippen LogP contribution in [0.3, 0.4) is 0 Å². The Morgan fingerprint density at radius 1 is 1.32 bits per heavy atom. The van der Waals surface area contributed by atoms with E-state index in [2.05, 4.69) is 0 Å². The molecule has 1 aromatic rings. The molecule has 1 aromatic carbocycles. The highest BCUT2D eigenvalue weighted by Crippen LogP contribution is 2.22. The molecule has 1 atom stereocenters. The molecule has 1 unspecified atom stereocenters. The Bertz CT molecular complexity index is 559.